The number of nitriles is 2. The Balaban J connectivity index is 2.08. The summed E-state index contributed by atoms with van der Waals surface area (Å²) >= 11 is 0. The van der Waals surface area contributed by atoms with E-state index in [0.29, 0.717) is 5.56 Å². The molecule has 0 fully saturated rings. The fourth-order valence-electron chi connectivity index (χ4n) is 3.93. The summed E-state index contributed by atoms with van der Waals surface area (Å²) in [7, 11) is 0. The van der Waals surface area contributed by atoms with E-state index in [1.807, 2.05) is 44.2 Å². The molecular formula is C25H23N5O3. The van der Waals surface area contributed by atoms with E-state index in [4.69, 9.17) is 0 Å². The highest BCUT2D eigenvalue weighted by atomic mass is 16.6. The van der Waals surface area contributed by atoms with Crippen molar-refractivity contribution < 1.29 is 9.72 Å². The molecule has 0 bridgehead atoms. The first kappa shape index (κ1) is 23.4. The van der Waals surface area contributed by atoms with Gasteiger partial charge in [0, 0.05) is 49.3 Å². The number of nitrogens with zero attached hydrogens (tertiary/aromatic N) is 5. The Labute approximate surface area is 191 Å². The molecule has 0 aliphatic carbocycles. The second-order valence-electron chi connectivity index (χ2n) is 8.14. The van der Waals surface area contributed by atoms with Crippen molar-refractivity contribution in [2.24, 2.45) is 5.41 Å². The lowest BCUT2D eigenvalue weighted by Crippen LogP contribution is -2.31. The Bertz CT molecular complexity index is 1200. The maximum atomic E-state index is 13.3. The molecule has 1 atom stereocenters. The maximum absolute atomic E-state index is 13.3. The van der Waals surface area contributed by atoms with E-state index < -0.39 is 16.3 Å². The number of imidazole rings is 1. The molecule has 1 heterocycles. The predicted octanol–water partition coefficient (Wildman–Crippen LogP) is 5.01. The number of hydrogen-bond acceptors (Lipinski definition) is 6. The van der Waals surface area contributed by atoms with Gasteiger partial charge in [-0.1, -0.05) is 42.5 Å². The SMILES string of the molecule is CC(C)n1ccnc1C(=O)C[C@H](c1ccc([N+](=O)[O-])cc1)C(C#N)(C#N)Cc1ccccc1. The van der Waals surface area contributed by atoms with E-state index in [-0.39, 0.29) is 36.2 Å². The van der Waals surface area contributed by atoms with Crippen LogP contribution < -0.4 is 0 Å². The lowest BCUT2D eigenvalue weighted by Gasteiger charge is -2.29. The summed E-state index contributed by atoms with van der Waals surface area (Å²) in [5, 5.41) is 31.5. The van der Waals surface area contributed by atoms with Gasteiger partial charge in [0.15, 0.2) is 17.0 Å². The summed E-state index contributed by atoms with van der Waals surface area (Å²) in [6.45, 7) is 3.85. The third-order valence-corrected chi connectivity index (χ3v) is 5.69. The normalized spacial score (nSPS) is 12.0. The quantitative estimate of drug-likeness (QED) is 0.261. The molecule has 0 unspecified atom stereocenters. The summed E-state index contributed by atoms with van der Waals surface area (Å²) in [5.41, 5.74) is -0.386. The number of non-ortho nitro benzene ring substituents is 1. The summed E-state index contributed by atoms with van der Waals surface area (Å²) in [6.07, 6.45) is 3.22. The monoisotopic (exact) mass is 441 g/mol. The van der Waals surface area contributed by atoms with Crippen molar-refractivity contribution >= 4 is 11.5 Å². The molecule has 0 aliphatic rings. The van der Waals surface area contributed by atoms with Crippen LogP contribution in [0.5, 0.6) is 0 Å². The first-order valence-corrected chi connectivity index (χ1v) is 10.5. The number of carbonyl (C=O) groups is 1. The molecule has 0 N–H and O–H groups in total. The number of hydrogen-bond donors (Lipinski definition) is 0. The maximum Gasteiger partial charge on any atom is 0.269 e. The summed E-state index contributed by atoms with van der Waals surface area (Å²) in [6, 6.07) is 19.1. The van der Waals surface area contributed by atoms with Crippen LogP contribution >= 0.6 is 0 Å². The molecule has 0 saturated heterocycles. The molecule has 3 aromatic rings. The topological polar surface area (TPSA) is 126 Å². The zero-order chi connectivity index (χ0) is 24.0. The Kier molecular flexibility index (Phi) is 7.00. The number of benzene rings is 2. The van der Waals surface area contributed by atoms with Crippen LogP contribution in [0.15, 0.2) is 67.0 Å². The van der Waals surface area contributed by atoms with E-state index in [9.17, 15) is 25.4 Å². The van der Waals surface area contributed by atoms with Crippen molar-refractivity contribution in [1.82, 2.24) is 9.55 Å². The number of rotatable bonds is 9. The average molecular weight is 441 g/mol. The number of nitro groups is 1. The molecule has 1 aromatic heterocycles. The van der Waals surface area contributed by atoms with Crippen LogP contribution in [0.4, 0.5) is 5.69 Å². The number of ketones is 1. The second-order valence-corrected chi connectivity index (χ2v) is 8.14. The highest BCUT2D eigenvalue weighted by Crippen LogP contribution is 2.42. The van der Waals surface area contributed by atoms with Crippen LogP contribution in [-0.4, -0.2) is 20.3 Å². The molecule has 0 saturated carbocycles. The second kappa shape index (κ2) is 9.88. The van der Waals surface area contributed by atoms with E-state index in [1.165, 1.54) is 24.3 Å². The van der Waals surface area contributed by atoms with E-state index >= 15 is 0 Å². The molecule has 3 rings (SSSR count). The van der Waals surface area contributed by atoms with Gasteiger partial charge in [-0.25, -0.2) is 4.98 Å². The van der Waals surface area contributed by atoms with Crippen molar-refractivity contribution in [3.05, 3.63) is 94.1 Å². The minimum absolute atomic E-state index is 0.00489. The van der Waals surface area contributed by atoms with Crippen LogP contribution in [0.1, 0.15) is 54.0 Å². The Morgan fingerprint density at radius 1 is 1.12 bits per heavy atom. The van der Waals surface area contributed by atoms with Gasteiger partial charge in [-0.15, -0.1) is 0 Å². The standard InChI is InChI=1S/C25H23N5O3/c1-18(2)29-13-12-28-24(29)23(31)14-22(20-8-10-21(11-9-20)30(32)33)25(16-26,17-27)15-19-6-4-3-5-7-19/h3-13,18,22H,14-15H2,1-2H3/t22-/m1/s1. The van der Waals surface area contributed by atoms with Gasteiger partial charge >= 0.3 is 0 Å². The largest absolute Gasteiger partial charge is 0.326 e. The number of carbonyl (C=O) groups excluding carboxylic acids is 1. The fourth-order valence-corrected chi connectivity index (χ4v) is 3.93. The highest BCUT2D eigenvalue weighted by molar-refractivity contribution is 5.93. The van der Waals surface area contributed by atoms with Gasteiger partial charge in [0.2, 0.25) is 0 Å². The molecule has 8 heteroatoms. The van der Waals surface area contributed by atoms with Crippen molar-refractivity contribution in [3.8, 4) is 12.1 Å². The number of Topliss-reactive ketones (excluding diaryl/α,β-unsaturated/α-hetero) is 1. The molecule has 2 aromatic carbocycles. The van der Waals surface area contributed by atoms with Gasteiger partial charge in [-0.05, 0) is 25.0 Å². The van der Waals surface area contributed by atoms with Crippen LogP contribution in [0, 0.1) is 38.2 Å². The van der Waals surface area contributed by atoms with E-state index in [1.54, 1.807) is 17.0 Å². The van der Waals surface area contributed by atoms with Gasteiger partial charge in [0.1, 0.15) is 0 Å². The van der Waals surface area contributed by atoms with E-state index in [0.717, 1.165) is 5.56 Å². The number of nitro benzene ring substituents is 1. The molecule has 0 amide bonds. The van der Waals surface area contributed by atoms with Gasteiger partial charge in [0.05, 0.1) is 17.1 Å². The van der Waals surface area contributed by atoms with Gasteiger partial charge in [0.25, 0.3) is 5.69 Å². The Morgan fingerprint density at radius 2 is 1.76 bits per heavy atom. The molecule has 0 radical (unpaired) electrons. The average Bonchev–Trinajstić information content (AvgIpc) is 3.32. The van der Waals surface area contributed by atoms with Gasteiger partial charge < -0.3 is 4.57 Å². The molecule has 166 valence electrons. The first-order valence-electron chi connectivity index (χ1n) is 10.5. The first-order chi connectivity index (χ1) is 15.8. The third-order valence-electron chi connectivity index (χ3n) is 5.69. The lowest BCUT2D eigenvalue weighted by molar-refractivity contribution is -0.384. The zero-order valence-electron chi connectivity index (χ0n) is 18.4. The third kappa shape index (κ3) is 4.97. The molecule has 0 spiro atoms. The minimum atomic E-state index is -1.57. The van der Waals surface area contributed by atoms with Crippen LogP contribution in [-0.2, 0) is 6.42 Å². The molecular weight excluding hydrogens is 418 g/mol. The lowest BCUT2D eigenvalue weighted by atomic mass is 9.68. The van der Waals surface area contributed by atoms with Crippen molar-refractivity contribution in [3.63, 3.8) is 0 Å². The van der Waals surface area contributed by atoms with Gasteiger partial charge in [-0.2, -0.15) is 10.5 Å². The summed E-state index contributed by atoms with van der Waals surface area (Å²) in [5.74, 6) is -0.875. The Hall–Kier alpha value is -4.30. The summed E-state index contributed by atoms with van der Waals surface area (Å²) in [4.78, 5) is 28.1. The van der Waals surface area contributed by atoms with Crippen molar-refractivity contribution in [2.45, 2.75) is 38.6 Å². The predicted molar refractivity (Wildman–Crippen MR) is 121 cm³/mol. The zero-order valence-corrected chi connectivity index (χ0v) is 18.4. The smallest absolute Gasteiger partial charge is 0.269 e. The summed E-state index contributed by atoms with van der Waals surface area (Å²) < 4.78 is 1.74. The van der Waals surface area contributed by atoms with Gasteiger partial charge in [-0.3, -0.25) is 14.9 Å². The molecule has 0 aliphatic heterocycles. The van der Waals surface area contributed by atoms with Crippen molar-refractivity contribution in [1.29, 1.82) is 10.5 Å². The fraction of sp³-hybridized carbons (Fsp3) is 0.280. The highest BCUT2D eigenvalue weighted by Gasteiger charge is 2.42. The molecule has 8 nitrogen and oxygen atoms in total. The van der Waals surface area contributed by atoms with Crippen LogP contribution in [0.2, 0.25) is 0 Å². The molecule has 33 heavy (non-hydrogen) atoms. The number of aromatic nitrogens is 2. The minimum Gasteiger partial charge on any atom is -0.326 e. The van der Waals surface area contributed by atoms with E-state index in [2.05, 4.69) is 17.1 Å². The van der Waals surface area contributed by atoms with Crippen LogP contribution in [0.3, 0.4) is 0 Å². The van der Waals surface area contributed by atoms with Crippen molar-refractivity contribution in [2.75, 3.05) is 0 Å². The van der Waals surface area contributed by atoms with Crippen LogP contribution in [0.25, 0.3) is 0 Å². The Morgan fingerprint density at radius 3 is 2.30 bits per heavy atom.